The summed E-state index contributed by atoms with van der Waals surface area (Å²) in [5.41, 5.74) is 2.59. The van der Waals surface area contributed by atoms with E-state index in [1.807, 2.05) is 12.3 Å². The van der Waals surface area contributed by atoms with Gasteiger partial charge in [0.2, 0.25) is 0 Å². The Labute approximate surface area is 119 Å². The smallest absolute Gasteiger partial charge is 0.191 e. The second kappa shape index (κ2) is 6.43. The number of hydrogen-bond acceptors (Lipinski definition) is 6. The van der Waals surface area contributed by atoms with E-state index in [2.05, 4.69) is 34.6 Å². The summed E-state index contributed by atoms with van der Waals surface area (Å²) in [4.78, 5) is 8.75. The van der Waals surface area contributed by atoms with Gasteiger partial charge in [0.15, 0.2) is 5.16 Å². The Bertz CT molecular complexity index is 403. The molecule has 0 spiro atoms. The Hall–Kier alpha value is -1.01. The molecule has 1 aromatic heterocycles. The summed E-state index contributed by atoms with van der Waals surface area (Å²) >= 11 is 1.52. The maximum absolute atomic E-state index is 5.44. The molecule has 1 aromatic rings. The van der Waals surface area contributed by atoms with Crippen LogP contribution in [0.25, 0.3) is 0 Å². The predicted octanol–water partition coefficient (Wildman–Crippen LogP) is 2.72. The Balaban J connectivity index is 2.06. The van der Waals surface area contributed by atoms with Crippen LogP contribution in [0, 0.1) is 11.8 Å². The van der Waals surface area contributed by atoms with Crippen molar-refractivity contribution < 1.29 is 0 Å². The number of hydrogen-bond donors (Lipinski definition) is 3. The molecule has 5 nitrogen and oxygen atoms in total. The third-order valence-electron chi connectivity index (χ3n) is 3.99. The van der Waals surface area contributed by atoms with Crippen LogP contribution in [0.1, 0.15) is 33.1 Å². The van der Waals surface area contributed by atoms with Gasteiger partial charge in [-0.25, -0.2) is 15.8 Å². The fourth-order valence-electron chi connectivity index (χ4n) is 2.55. The molecule has 0 radical (unpaired) electrons. The normalized spacial score (nSPS) is 27.1. The van der Waals surface area contributed by atoms with Crippen molar-refractivity contribution in [2.24, 2.45) is 17.7 Å². The van der Waals surface area contributed by atoms with E-state index in [1.165, 1.54) is 31.0 Å². The first kappa shape index (κ1) is 14.4. The van der Waals surface area contributed by atoms with Gasteiger partial charge in [0.05, 0.1) is 0 Å². The van der Waals surface area contributed by atoms with Crippen LogP contribution in [0.4, 0.5) is 11.6 Å². The number of rotatable bonds is 4. The largest absolute Gasteiger partial charge is 0.367 e. The van der Waals surface area contributed by atoms with Gasteiger partial charge < -0.3 is 10.7 Å². The topological polar surface area (TPSA) is 75.9 Å². The van der Waals surface area contributed by atoms with Crippen LogP contribution in [0.5, 0.6) is 0 Å². The van der Waals surface area contributed by atoms with Gasteiger partial charge in [-0.3, -0.25) is 0 Å². The molecule has 1 fully saturated rings. The van der Waals surface area contributed by atoms with Crippen molar-refractivity contribution in [2.75, 3.05) is 17.0 Å². The van der Waals surface area contributed by atoms with Crippen LogP contribution in [-0.4, -0.2) is 22.3 Å². The number of nitrogen functional groups attached to an aromatic ring is 1. The van der Waals surface area contributed by atoms with Crippen LogP contribution in [0.15, 0.2) is 11.2 Å². The lowest BCUT2D eigenvalue weighted by molar-refractivity contribution is 0.260. The van der Waals surface area contributed by atoms with E-state index in [4.69, 9.17) is 5.84 Å². The molecule has 0 saturated heterocycles. The van der Waals surface area contributed by atoms with Gasteiger partial charge in [-0.1, -0.05) is 25.6 Å². The Morgan fingerprint density at radius 1 is 1.21 bits per heavy atom. The second-order valence-corrected chi connectivity index (χ2v) is 6.15. The number of thioether (sulfide) groups is 1. The van der Waals surface area contributed by atoms with Crippen molar-refractivity contribution >= 4 is 23.4 Å². The van der Waals surface area contributed by atoms with E-state index in [1.54, 1.807) is 0 Å². The van der Waals surface area contributed by atoms with Gasteiger partial charge in [0.25, 0.3) is 0 Å². The fraction of sp³-hybridized carbons (Fsp3) is 0.692. The molecule has 3 atom stereocenters. The molecule has 0 bridgehead atoms. The summed E-state index contributed by atoms with van der Waals surface area (Å²) in [5.74, 6) is 8.54. The zero-order valence-electron chi connectivity index (χ0n) is 11.8. The molecule has 106 valence electrons. The highest BCUT2D eigenvalue weighted by atomic mass is 32.2. The molecule has 0 aliphatic heterocycles. The van der Waals surface area contributed by atoms with E-state index >= 15 is 0 Å². The molecule has 0 amide bonds. The summed E-state index contributed by atoms with van der Waals surface area (Å²) in [6.07, 6.45) is 5.64. The molecule has 1 saturated carbocycles. The maximum atomic E-state index is 5.44. The molecular weight excluding hydrogens is 258 g/mol. The fourth-order valence-corrected chi connectivity index (χ4v) is 2.93. The number of aromatic nitrogens is 2. The first-order valence-corrected chi connectivity index (χ1v) is 8.01. The van der Waals surface area contributed by atoms with Gasteiger partial charge in [-0.05, 0) is 37.4 Å². The van der Waals surface area contributed by atoms with Crippen molar-refractivity contribution in [3.05, 3.63) is 6.07 Å². The minimum Gasteiger partial charge on any atom is -0.367 e. The highest BCUT2D eigenvalue weighted by Crippen LogP contribution is 2.31. The molecule has 0 aromatic carbocycles. The van der Waals surface area contributed by atoms with E-state index in [-0.39, 0.29) is 0 Å². The molecule has 1 heterocycles. The summed E-state index contributed by atoms with van der Waals surface area (Å²) in [6, 6.07) is 2.36. The van der Waals surface area contributed by atoms with Crippen molar-refractivity contribution in [1.29, 1.82) is 0 Å². The molecule has 6 heteroatoms. The van der Waals surface area contributed by atoms with E-state index in [0.717, 1.165) is 22.8 Å². The SMILES string of the molecule is CSc1nc(NN)cc(NC2CCC(C)C(C)C2)n1. The van der Waals surface area contributed by atoms with Crippen LogP contribution in [0.3, 0.4) is 0 Å². The van der Waals surface area contributed by atoms with E-state index in [0.29, 0.717) is 11.9 Å². The Morgan fingerprint density at radius 3 is 2.58 bits per heavy atom. The number of anilines is 2. The first-order valence-electron chi connectivity index (χ1n) is 6.78. The number of nitrogens with zero attached hydrogens (tertiary/aromatic N) is 2. The Kier molecular flexibility index (Phi) is 4.87. The molecule has 1 aliphatic carbocycles. The van der Waals surface area contributed by atoms with E-state index < -0.39 is 0 Å². The van der Waals surface area contributed by atoms with Crippen molar-refractivity contribution in [3.63, 3.8) is 0 Å². The highest BCUT2D eigenvalue weighted by Gasteiger charge is 2.24. The zero-order valence-corrected chi connectivity index (χ0v) is 12.6. The predicted molar refractivity (Wildman–Crippen MR) is 81.2 cm³/mol. The average Bonchev–Trinajstić information content (AvgIpc) is 2.42. The van der Waals surface area contributed by atoms with Gasteiger partial charge in [-0.2, -0.15) is 0 Å². The molecule has 19 heavy (non-hydrogen) atoms. The van der Waals surface area contributed by atoms with Crippen molar-refractivity contribution in [1.82, 2.24) is 9.97 Å². The van der Waals surface area contributed by atoms with Gasteiger partial charge in [-0.15, -0.1) is 0 Å². The van der Waals surface area contributed by atoms with Gasteiger partial charge in [0.1, 0.15) is 11.6 Å². The lowest BCUT2D eigenvalue weighted by Crippen LogP contribution is -2.30. The zero-order chi connectivity index (χ0) is 13.8. The van der Waals surface area contributed by atoms with Crippen LogP contribution in [0.2, 0.25) is 0 Å². The lowest BCUT2D eigenvalue weighted by atomic mass is 9.79. The van der Waals surface area contributed by atoms with Crippen LogP contribution in [-0.2, 0) is 0 Å². The average molecular weight is 281 g/mol. The van der Waals surface area contributed by atoms with Crippen molar-refractivity contribution in [2.45, 2.75) is 44.3 Å². The molecule has 1 aliphatic rings. The third-order valence-corrected chi connectivity index (χ3v) is 4.53. The lowest BCUT2D eigenvalue weighted by Gasteiger charge is -2.32. The quantitative estimate of drug-likeness (QED) is 0.341. The summed E-state index contributed by atoms with van der Waals surface area (Å²) in [5, 5.41) is 4.25. The number of nitrogens with two attached hydrogens (primary N) is 1. The molecule has 4 N–H and O–H groups in total. The maximum Gasteiger partial charge on any atom is 0.191 e. The molecular formula is C13H23N5S. The second-order valence-electron chi connectivity index (χ2n) is 5.38. The van der Waals surface area contributed by atoms with Crippen LogP contribution < -0.4 is 16.6 Å². The highest BCUT2D eigenvalue weighted by molar-refractivity contribution is 7.98. The third kappa shape index (κ3) is 3.73. The summed E-state index contributed by atoms with van der Waals surface area (Å²) < 4.78 is 0. The number of hydrazine groups is 1. The monoisotopic (exact) mass is 281 g/mol. The standard InChI is InChI=1S/C13H23N5S/c1-8-4-5-10(6-9(8)2)15-11-7-12(18-14)17-13(16-11)19-3/h7-10H,4-6,14H2,1-3H3,(H2,15,16,17,18). The first-order chi connectivity index (χ1) is 9.12. The Morgan fingerprint density at radius 2 is 1.95 bits per heavy atom. The van der Waals surface area contributed by atoms with Crippen LogP contribution >= 0.6 is 11.8 Å². The molecule has 3 unspecified atom stereocenters. The summed E-state index contributed by atoms with van der Waals surface area (Å²) in [7, 11) is 0. The number of nitrogens with one attached hydrogen (secondary N) is 2. The minimum atomic E-state index is 0.501. The van der Waals surface area contributed by atoms with Gasteiger partial charge >= 0.3 is 0 Å². The molecule has 2 rings (SSSR count). The summed E-state index contributed by atoms with van der Waals surface area (Å²) in [6.45, 7) is 4.67. The van der Waals surface area contributed by atoms with Gasteiger partial charge in [0, 0.05) is 12.1 Å². The van der Waals surface area contributed by atoms with Crippen molar-refractivity contribution in [3.8, 4) is 0 Å². The van der Waals surface area contributed by atoms with E-state index in [9.17, 15) is 0 Å². The minimum absolute atomic E-state index is 0.501.